The van der Waals surface area contributed by atoms with Gasteiger partial charge in [-0.3, -0.25) is 14.5 Å². The molecule has 2 aromatic rings. The van der Waals surface area contributed by atoms with Gasteiger partial charge in [-0.25, -0.2) is 0 Å². The molecular formula is C19H27N5OS2. The van der Waals surface area contributed by atoms with E-state index in [0.717, 1.165) is 56.0 Å². The van der Waals surface area contributed by atoms with Gasteiger partial charge in [0.1, 0.15) is 6.04 Å². The number of nitrogens with one attached hydrogen (secondary N) is 1. The Kier molecular flexibility index (Phi) is 5.48. The number of piperidine rings is 1. The zero-order valence-electron chi connectivity index (χ0n) is 15.9. The molecule has 1 amide bonds. The molecule has 1 N–H and O–H groups in total. The molecule has 1 saturated heterocycles. The van der Waals surface area contributed by atoms with Crippen molar-refractivity contribution in [3.63, 3.8) is 0 Å². The Labute approximate surface area is 169 Å². The lowest BCUT2D eigenvalue weighted by Gasteiger charge is -2.39. The molecule has 8 heteroatoms. The van der Waals surface area contributed by atoms with E-state index in [4.69, 9.17) is 12.2 Å². The lowest BCUT2D eigenvalue weighted by Crippen LogP contribution is -2.50. The second-order valence-electron chi connectivity index (χ2n) is 7.52. The minimum atomic E-state index is -0.349. The molecule has 0 spiro atoms. The number of aromatic nitrogens is 3. The summed E-state index contributed by atoms with van der Waals surface area (Å²) in [6.07, 6.45) is 4.39. The summed E-state index contributed by atoms with van der Waals surface area (Å²) in [5.41, 5.74) is 0. The minimum Gasteiger partial charge on any atom is -0.335 e. The van der Waals surface area contributed by atoms with Crippen molar-refractivity contribution in [2.75, 3.05) is 19.6 Å². The molecule has 1 unspecified atom stereocenters. The number of carbonyl (C=O) groups excluding carboxylic acids is 1. The van der Waals surface area contributed by atoms with Crippen LogP contribution in [0.1, 0.15) is 45.6 Å². The second-order valence-corrected chi connectivity index (χ2v) is 8.85. The number of thiophene rings is 1. The molecule has 1 aliphatic carbocycles. The molecule has 0 aromatic carbocycles. The number of H-pyrrole nitrogens is 1. The molecule has 2 aromatic heterocycles. The predicted octanol–water partition coefficient (Wildman–Crippen LogP) is 3.71. The van der Waals surface area contributed by atoms with Gasteiger partial charge in [0.25, 0.3) is 0 Å². The lowest BCUT2D eigenvalue weighted by atomic mass is 10.0. The molecular weight excluding hydrogens is 378 g/mol. The fourth-order valence-corrected chi connectivity index (χ4v) is 5.09. The maximum Gasteiger partial charge on any atom is 0.246 e. The van der Waals surface area contributed by atoms with Gasteiger partial charge in [-0.05, 0) is 62.8 Å². The van der Waals surface area contributed by atoms with Crippen molar-refractivity contribution in [2.24, 2.45) is 0 Å². The Morgan fingerprint density at radius 3 is 2.67 bits per heavy atom. The molecule has 6 nitrogen and oxygen atoms in total. The van der Waals surface area contributed by atoms with Gasteiger partial charge in [0.2, 0.25) is 5.91 Å². The highest BCUT2D eigenvalue weighted by atomic mass is 32.1. The maximum absolute atomic E-state index is 13.6. The molecule has 27 heavy (non-hydrogen) atoms. The minimum absolute atomic E-state index is 0.183. The number of aromatic amines is 1. The zero-order chi connectivity index (χ0) is 19.0. The Balaban J connectivity index is 1.58. The van der Waals surface area contributed by atoms with E-state index in [1.807, 2.05) is 29.0 Å². The first kappa shape index (κ1) is 18.8. The van der Waals surface area contributed by atoms with Gasteiger partial charge in [-0.15, -0.1) is 11.3 Å². The first-order chi connectivity index (χ1) is 13.1. The summed E-state index contributed by atoms with van der Waals surface area (Å²) in [6.45, 7) is 7.42. The van der Waals surface area contributed by atoms with E-state index in [1.165, 1.54) is 0 Å². The smallest absolute Gasteiger partial charge is 0.246 e. The van der Waals surface area contributed by atoms with E-state index in [9.17, 15) is 4.79 Å². The molecule has 4 rings (SSSR count). The number of carbonyl (C=O) groups is 1. The van der Waals surface area contributed by atoms with Gasteiger partial charge in [0.05, 0.1) is 4.88 Å². The van der Waals surface area contributed by atoms with Crippen LogP contribution in [0.2, 0.25) is 0 Å². The van der Waals surface area contributed by atoms with Crippen LogP contribution in [0.3, 0.4) is 0 Å². The molecule has 3 heterocycles. The molecule has 1 aliphatic heterocycles. The van der Waals surface area contributed by atoms with Crippen LogP contribution in [0, 0.1) is 4.77 Å². The number of hydrogen-bond donors (Lipinski definition) is 1. The van der Waals surface area contributed by atoms with Crippen LogP contribution >= 0.6 is 23.6 Å². The molecule has 2 fully saturated rings. The number of nitrogens with zero attached hydrogens (tertiary/aromatic N) is 4. The van der Waals surface area contributed by atoms with E-state index < -0.39 is 0 Å². The third-order valence-electron chi connectivity index (χ3n) is 5.78. The normalized spacial score (nSPS) is 19.9. The Morgan fingerprint density at radius 1 is 1.37 bits per heavy atom. The van der Waals surface area contributed by atoms with Crippen LogP contribution in [-0.4, -0.2) is 62.2 Å². The first-order valence-corrected chi connectivity index (χ1v) is 11.1. The van der Waals surface area contributed by atoms with Crippen LogP contribution in [-0.2, 0) is 4.79 Å². The Hall–Kier alpha value is -1.51. The van der Waals surface area contributed by atoms with Crippen molar-refractivity contribution >= 4 is 29.5 Å². The van der Waals surface area contributed by atoms with Crippen LogP contribution in [0.15, 0.2) is 17.5 Å². The monoisotopic (exact) mass is 405 g/mol. The largest absolute Gasteiger partial charge is 0.335 e. The summed E-state index contributed by atoms with van der Waals surface area (Å²) < 4.78 is 2.40. The second kappa shape index (κ2) is 7.85. The summed E-state index contributed by atoms with van der Waals surface area (Å²) in [6, 6.07) is 4.42. The van der Waals surface area contributed by atoms with Crippen LogP contribution in [0.5, 0.6) is 0 Å². The van der Waals surface area contributed by atoms with Crippen LogP contribution < -0.4 is 0 Å². The zero-order valence-corrected chi connectivity index (χ0v) is 17.6. The first-order valence-electron chi connectivity index (χ1n) is 9.85. The number of amides is 1. The van der Waals surface area contributed by atoms with Gasteiger partial charge < -0.3 is 9.80 Å². The van der Waals surface area contributed by atoms with Gasteiger partial charge >= 0.3 is 0 Å². The van der Waals surface area contributed by atoms with Crippen molar-refractivity contribution in [3.8, 4) is 10.7 Å². The van der Waals surface area contributed by atoms with Crippen molar-refractivity contribution < 1.29 is 4.79 Å². The molecule has 1 atom stereocenters. The van der Waals surface area contributed by atoms with E-state index >= 15 is 0 Å². The highest BCUT2D eigenvalue weighted by molar-refractivity contribution is 7.71. The van der Waals surface area contributed by atoms with Crippen LogP contribution in [0.25, 0.3) is 10.7 Å². The fraction of sp³-hybridized carbons (Fsp3) is 0.632. The third-order valence-corrected chi connectivity index (χ3v) is 6.94. The van der Waals surface area contributed by atoms with Gasteiger partial charge in [0, 0.05) is 25.2 Å². The maximum atomic E-state index is 13.6. The number of hydrogen-bond acceptors (Lipinski definition) is 5. The Bertz CT molecular complexity index is 831. The summed E-state index contributed by atoms with van der Waals surface area (Å²) in [5, 5.41) is 9.29. The van der Waals surface area contributed by atoms with E-state index in [1.54, 1.807) is 11.3 Å². The summed E-state index contributed by atoms with van der Waals surface area (Å²) in [4.78, 5) is 19.2. The average molecular weight is 406 g/mol. The number of rotatable bonds is 6. The van der Waals surface area contributed by atoms with Gasteiger partial charge in [0.15, 0.2) is 10.6 Å². The summed E-state index contributed by atoms with van der Waals surface area (Å²) >= 11 is 7.08. The topological polar surface area (TPSA) is 57.2 Å². The van der Waals surface area contributed by atoms with E-state index in [-0.39, 0.29) is 11.9 Å². The highest BCUT2D eigenvalue weighted by Gasteiger charge is 2.40. The highest BCUT2D eigenvalue weighted by Crippen LogP contribution is 2.35. The molecule has 2 aliphatic rings. The molecule has 1 saturated carbocycles. The third kappa shape index (κ3) is 3.75. The Morgan fingerprint density at radius 2 is 2.07 bits per heavy atom. The molecule has 146 valence electrons. The lowest BCUT2D eigenvalue weighted by molar-refractivity contribution is -0.138. The number of likely N-dealkylation sites (tertiary alicyclic amines) is 1. The summed E-state index contributed by atoms with van der Waals surface area (Å²) in [7, 11) is 0. The van der Waals surface area contributed by atoms with Crippen LogP contribution in [0.4, 0.5) is 0 Å². The summed E-state index contributed by atoms with van der Waals surface area (Å²) in [5.74, 6) is 0.940. The predicted molar refractivity (Wildman–Crippen MR) is 110 cm³/mol. The quantitative estimate of drug-likeness (QED) is 0.745. The standard InChI is InChI=1S/C19H27N5OS2/c1-3-22-10-8-15(9-11-22)24(14-6-7-14)18(25)13(2)23-17(20-21-19(23)26)16-5-4-12-27-16/h4-5,12-15H,3,6-11H2,1-2H3,(H,21,26). The SMILES string of the molecule is CCN1CCC(N(C(=O)C(C)n2c(-c3cccs3)n[nH]c2=S)C2CC2)CC1. The van der Waals surface area contributed by atoms with Gasteiger partial charge in [-0.2, -0.15) is 5.10 Å². The van der Waals surface area contributed by atoms with Crippen molar-refractivity contribution in [2.45, 2.75) is 57.7 Å². The average Bonchev–Trinajstić information content (AvgIpc) is 3.21. The van der Waals surface area contributed by atoms with Crippen molar-refractivity contribution in [3.05, 3.63) is 22.3 Å². The van der Waals surface area contributed by atoms with E-state index in [0.29, 0.717) is 16.9 Å². The van der Waals surface area contributed by atoms with E-state index in [2.05, 4.69) is 26.9 Å². The molecule has 0 bridgehead atoms. The van der Waals surface area contributed by atoms with Gasteiger partial charge in [-0.1, -0.05) is 13.0 Å². The molecule has 0 radical (unpaired) electrons. The van der Waals surface area contributed by atoms with Crippen molar-refractivity contribution in [1.82, 2.24) is 24.6 Å². The fourth-order valence-electron chi connectivity index (χ4n) is 4.09. The van der Waals surface area contributed by atoms with Crippen molar-refractivity contribution in [1.29, 1.82) is 0 Å².